The van der Waals surface area contributed by atoms with Crippen molar-refractivity contribution in [3.05, 3.63) is 41.8 Å². The third-order valence-corrected chi connectivity index (χ3v) is 6.64. The van der Waals surface area contributed by atoms with Crippen LogP contribution in [0.15, 0.2) is 30.3 Å². The van der Waals surface area contributed by atoms with E-state index in [1.807, 2.05) is 13.0 Å². The minimum Gasteiger partial charge on any atom is -0.345 e. The molecule has 1 amide bonds. The van der Waals surface area contributed by atoms with E-state index < -0.39 is 15.6 Å². The van der Waals surface area contributed by atoms with Gasteiger partial charge < -0.3 is 4.90 Å². The van der Waals surface area contributed by atoms with E-state index in [2.05, 4.69) is 10.2 Å². The van der Waals surface area contributed by atoms with Gasteiger partial charge in [0.05, 0.1) is 11.4 Å². The Morgan fingerprint density at radius 3 is 2.53 bits per heavy atom. The van der Waals surface area contributed by atoms with Gasteiger partial charge in [0.1, 0.15) is 11.6 Å². The molecule has 0 spiro atoms. The number of hydrogen-bond donors (Lipinski definition) is 1. The zero-order valence-electron chi connectivity index (χ0n) is 17.9. The van der Waals surface area contributed by atoms with E-state index in [-0.39, 0.29) is 17.5 Å². The van der Waals surface area contributed by atoms with E-state index in [0.29, 0.717) is 13.0 Å². The molecule has 0 saturated carbocycles. The second kappa shape index (κ2) is 11.8. The molecule has 1 N–H and O–H groups in total. The average molecular weight is 438 g/mol. The Morgan fingerprint density at radius 2 is 1.83 bits per heavy atom. The quantitative estimate of drug-likeness (QED) is 0.480. The molecule has 6 nitrogen and oxygen atoms in total. The fourth-order valence-electron chi connectivity index (χ4n) is 3.17. The number of nitrogens with zero attached hydrogens (tertiary/aromatic N) is 2. The molecule has 0 bridgehead atoms. The number of aryl methyl sites for hydroxylation is 1. The lowest BCUT2D eigenvalue weighted by atomic mass is 10.1. The molecule has 8 heteroatoms. The lowest BCUT2D eigenvalue weighted by Crippen LogP contribution is -2.34. The summed E-state index contributed by atoms with van der Waals surface area (Å²) in [6.07, 6.45) is 5.94. The van der Waals surface area contributed by atoms with Gasteiger partial charge in [0.25, 0.3) is 0 Å². The van der Waals surface area contributed by atoms with Gasteiger partial charge in [0.15, 0.2) is 9.84 Å². The molecule has 30 heavy (non-hydrogen) atoms. The Hall–Kier alpha value is -2.22. The van der Waals surface area contributed by atoms with Crippen LogP contribution in [-0.4, -0.2) is 54.5 Å². The molecule has 0 saturated heterocycles. The summed E-state index contributed by atoms with van der Waals surface area (Å²) in [7, 11) is -1.66. The highest BCUT2D eigenvalue weighted by Crippen LogP contribution is 2.19. The molecule has 0 atom stereocenters. The molecule has 0 radical (unpaired) electrons. The van der Waals surface area contributed by atoms with Crippen molar-refractivity contribution in [2.75, 3.05) is 25.1 Å². The van der Waals surface area contributed by atoms with Crippen LogP contribution >= 0.6 is 0 Å². The molecule has 0 aliphatic rings. The molecule has 166 valence electrons. The number of hydrogen-bond acceptors (Lipinski definition) is 4. The summed E-state index contributed by atoms with van der Waals surface area (Å²) in [5.41, 5.74) is 2.66. The molecule has 0 aliphatic carbocycles. The van der Waals surface area contributed by atoms with Gasteiger partial charge in [-0.15, -0.1) is 0 Å². The van der Waals surface area contributed by atoms with Gasteiger partial charge >= 0.3 is 0 Å². The number of carbonyl (C=O) groups excluding carboxylic acids is 1. The Balaban J connectivity index is 1.66. The second-order valence-corrected chi connectivity index (χ2v) is 9.89. The Morgan fingerprint density at radius 1 is 1.10 bits per heavy atom. The zero-order valence-corrected chi connectivity index (χ0v) is 18.7. The van der Waals surface area contributed by atoms with Crippen LogP contribution in [0.4, 0.5) is 4.39 Å². The van der Waals surface area contributed by atoms with Gasteiger partial charge in [-0.3, -0.25) is 9.89 Å². The number of benzene rings is 1. The Labute approximate surface area is 178 Å². The predicted octanol–water partition coefficient (Wildman–Crippen LogP) is 3.99. The molecule has 2 rings (SSSR count). The van der Waals surface area contributed by atoms with Crippen LogP contribution in [0.1, 0.15) is 51.1 Å². The number of aromatic nitrogens is 2. The third-order valence-electron chi connectivity index (χ3n) is 5.04. The maximum Gasteiger partial charge on any atom is 0.237 e. The van der Waals surface area contributed by atoms with E-state index in [4.69, 9.17) is 0 Å². The molecular formula is C22H32FN3O3S. The maximum absolute atomic E-state index is 13.0. The fourth-order valence-corrected chi connectivity index (χ4v) is 4.55. The SMILES string of the molecule is CCCCCS(=O)(=O)CC(=O)N(C)CCCCCc1cc(-c2ccc(F)cc2)n[nH]1. The predicted molar refractivity (Wildman–Crippen MR) is 117 cm³/mol. The smallest absolute Gasteiger partial charge is 0.237 e. The van der Waals surface area contributed by atoms with E-state index in [0.717, 1.165) is 55.5 Å². The van der Waals surface area contributed by atoms with E-state index in [1.165, 1.54) is 17.0 Å². The molecular weight excluding hydrogens is 405 g/mol. The van der Waals surface area contributed by atoms with Gasteiger partial charge in [-0.2, -0.15) is 5.10 Å². The normalized spacial score (nSPS) is 11.6. The van der Waals surface area contributed by atoms with Crippen molar-refractivity contribution in [1.82, 2.24) is 15.1 Å². The number of rotatable bonds is 13. The molecule has 0 aliphatic heterocycles. The highest BCUT2D eigenvalue weighted by Gasteiger charge is 2.19. The summed E-state index contributed by atoms with van der Waals surface area (Å²) in [5.74, 6) is -0.908. The average Bonchev–Trinajstić information content (AvgIpc) is 3.16. The monoisotopic (exact) mass is 437 g/mol. The standard InChI is InChI=1S/C22H32FN3O3S/c1-3-4-8-15-30(28,29)17-22(27)26(2)14-7-5-6-9-20-16-21(25-24-20)18-10-12-19(23)13-11-18/h10-13,16H,3-9,14-15,17H2,1-2H3,(H,24,25). The van der Waals surface area contributed by atoms with E-state index >= 15 is 0 Å². The number of nitrogens with one attached hydrogen (secondary N) is 1. The molecule has 2 aromatic rings. The topological polar surface area (TPSA) is 83.1 Å². The van der Waals surface area contributed by atoms with Crippen molar-refractivity contribution >= 4 is 15.7 Å². The number of carbonyl (C=O) groups is 1. The second-order valence-electron chi connectivity index (χ2n) is 7.71. The van der Waals surface area contributed by atoms with Crippen molar-refractivity contribution in [1.29, 1.82) is 0 Å². The van der Waals surface area contributed by atoms with Crippen molar-refractivity contribution in [3.63, 3.8) is 0 Å². The van der Waals surface area contributed by atoms with Crippen molar-refractivity contribution < 1.29 is 17.6 Å². The van der Waals surface area contributed by atoms with Crippen molar-refractivity contribution in [3.8, 4) is 11.3 Å². The Bertz CT molecular complexity index is 895. The van der Waals surface area contributed by atoms with Crippen LogP contribution < -0.4 is 0 Å². The first-order chi connectivity index (χ1) is 14.3. The summed E-state index contributed by atoms with van der Waals surface area (Å²) in [5, 5.41) is 7.28. The molecule has 1 aromatic carbocycles. The first-order valence-corrected chi connectivity index (χ1v) is 12.4. The van der Waals surface area contributed by atoms with E-state index in [9.17, 15) is 17.6 Å². The minimum atomic E-state index is -3.32. The fraction of sp³-hybridized carbons (Fsp3) is 0.545. The molecule has 1 aromatic heterocycles. The molecule has 1 heterocycles. The highest BCUT2D eigenvalue weighted by atomic mass is 32.2. The summed E-state index contributed by atoms with van der Waals surface area (Å²) in [4.78, 5) is 13.7. The lowest BCUT2D eigenvalue weighted by Gasteiger charge is -2.17. The van der Waals surface area contributed by atoms with Gasteiger partial charge in [-0.05, 0) is 56.0 Å². The van der Waals surface area contributed by atoms with Crippen LogP contribution in [0.5, 0.6) is 0 Å². The minimum absolute atomic E-state index is 0.0878. The number of sulfone groups is 1. The lowest BCUT2D eigenvalue weighted by molar-refractivity contribution is -0.127. The van der Waals surface area contributed by atoms with Gasteiger partial charge in [0, 0.05) is 24.8 Å². The van der Waals surface area contributed by atoms with Gasteiger partial charge in [-0.1, -0.05) is 26.2 Å². The van der Waals surface area contributed by atoms with Crippen LogP contribution in [-0.2, 0) is 21.1 Å². The van der Waals surface area contributed by atoms with Crippen LogP contribution in [0, 0.1) is 5.82 Å². The largest absolute Gasteiger partial charge is 0.345 e. The van der Waals surface area contributed by atoms with Crippen LogP contribution in [0.3, 0.4) is 0 Å². The Kier molecular flexibility index (Phi) is 9.49. The number of amides is 1. The first kappa shape index (κ1) is 24.1. The number of halogens is 1. The summed E-state index contributed by atoms with van der Waals surface area (Å²) < 4.78 is 37.0. The zero-order chi connectivity index (χ0) is 22.0. The summed E-state index contributed by atoms with van der Waals surface area (Å²) >= 11 is 0. The summed E-state index contributed by atoms with van der Waals surface area (Å²) in [6.45, 7) is 2.56. The van der Waals surface area contributed by atoms with Crippen LogP contribution in [0.2, 0.25) is 0 Å². The molecule has 0 unspecified atom stereocenters. The van der Waals surface area contributed by atoms with E-state index in [1.54, 1.807) is 19.2 Å². The number of unbranched alkanes of at least 4 members (excludes halogenated alkanes) is 4. The van der Waals surface area contributed by atoms with Crippen molar-refractivity contribution in [2.45, 2.75) is 51.9 Å². The van der Waals surface area contributed by atoms with Crippen LogP contribution in [0.25, 0.3) is 11.3 Å². The molecule has 0 fully saturated rings. The highest BCUT2D eigenvalue weighted by molar-refractivity contribution is 7.92. The first-order valence-electron chi connectivity index (χ1n) is 10.6. The van der Waals surface area contributed by atoms with Crippen molar-refractivity contribution in [2.24, 2.45) is 0 Å². The van der Waals surface area contributed by atoms with Gasteiger partial charge in [-0.25, -0.2) is 12.8 Å². The van der Waals surface area contributed by atoms with Gasteiger partial charge in [0.2, 0.25) is 5.91 Å². The number of aromatic amines is 1. The third kappa shape index (κ3) is 8.26. The number of H-pyrrole nitrogens is 1. The maximum atomic E-state index is 13.0. The summed E-state index contributed by atoms with van der Waals surface area (Å²) in [6, 6.07) is 8.19.